The van der Waals surface area contributed by atoms with Crippen LogP contribution >= 0.6 is 0 Å². The van der Waals surface area contributed by atoms with E-state index in [9.17, 15) is 0 Å². The van der Waals surface area contributed by atoms with E-state index in [1.165, 1.54) is 6.20 Å². The summed E-state index contributed by atoms with van der Waals surface area (Å²) in [5.74, 6) is 0.623. The maximum Gasteiger partial charge on any atom is 0.155 e. The van der Waals surface area contributed by atoms with E-state index in [0.29, 0.717) is 17.1 Å². The third kappa shape index (κ3) is 3.02. The first-order valence-electron chi connectivity index (χ1n) is 6.89. The van der Waals surface area contributed by atoms with Gasteiger partial charge in [0, 0.05) is 56.7 Å². The molecule has 0 aliphatic carbocycles. The molecule has 2 aromatic heterocycles. The molecule has 1 aliphatic rings. The van der Waals surface area contributed by atoms with Gasteiger partial charge in [0.15, 0.2) is 5.82 Å². The largest absolute Gasteiger partial charge is 0.398 e. The Morgan fingerprint density at radius 2 is 2.14 bits per heavy atom. The van der Waals surface area contributed by atoms with Crippen molar-refractivity contribution >= 4 is 5.69 Å². The summed E-state index contributed by atoms with van der Waals surface area (Å²) < 4.78 is 1.69. The Balaban J connectivity index is 1.75. The van der Waals surface area contributed by atoms with E-state index in [1.807, 2.05) is 18.5 Å². The molecule has 0 aromatic carbocycles. The lowest BCUT2D eigenvalue weighted by atomic mass is 10.2. The normalized spacial score (nSPS) is 15.8. The molecule has 0 atom stereocenters. The van der Waals surface area contributed by atoms with Crippen molar-refractivity contribution in [3.05, 3.63) is 35.8 Å². The minimum atomic E-state index is 0.381. The van der Waals surface area contributed by atoms with Crippen molar-refractivity contribution < 1.29 is 0 Å². The molecule has 0 bridgehead atoms. The molecule has 3 N–H and O–H groups in total. The van der Waals surface area contributed by atoms with Crippen LogP contribution in [0.5, 0.6) is 0 Å². The Morgan fingerprint density at radius 1 is 1.33 bits per heavy atom. The Bertz CT molecular complexity index is 664. The van der Waals surface area contributed by atoms with Gasteiger partial charge in [-0.25, -0.2) is 9.67 Å². The van der Waals surface area contributed by atoms with E-state index in [-0.39, 0.29) is 0 Å². The lowest BCUT2D eigenvalue weighted by molar-refractivity contribution is 0.233. The number of nitriles is 1. The average Bonchev–Trinajstić information content (AvgIpc) is 2.97. The van der Waals surface area contributed by atoms with E-state index < -0.39 is 0 Å². The highest BCUT2D eigenvalue weighted by Gasteiger charge is 2.12. The fraction of sp³-hybridized carbons (Fsp3) is 0.357. The van der Waals surface area contributed by atoms with Crippen molar-refractivity contribution in [3.63, 3.8) is 0 Å². The van der Waals surface area contributed by atoms with E-state index in [4.69, 9.17) is 11.0 Å². The minimum Gasteiger partial charge on any atom is -0.398 e. The third-order valence-corrected chi connectivity index (χ3v) is 3.53. The molecule has 0 spiro atoms. The lowest BCUT2D eigenvalue weighted by Crippen LogP contribution is -2.42. The second-order valence-corrected chi connectivity index (χ2v) is 5.06. The first-order chi connectivity index (χ1) is 10.3. The number of anilines is 1. The fourth-order valence-corrected chi connectivity index (χ4v) is 2.37. The summed E-state index contributed by atoms with van der Waals surface area (Å²) in [4.78, 5) is 6.60. The van der Waals surface area contributed by atoms with Crippen LogP contribution in [0.1, 0.15) is 11.1 Å². The fourth-order valence-electron chi connectivity index (χ4n) is 2.37. The van der Waals surface area contributed by atoms with Crippen LogP contribution in [0.15, 0.2) is 24.7 Å². The molecule has 3 heterocycles. The third-order valence-electron chi connectivity index (χ3n) is 3.53. The molecular formula is C14H17N7. The van der Waals surface area contributed by atoms with Gasteiger partial charge >= 0.3 is 0 Å². The topological polar surface area (TPSA) is 95.8 Å². The first-order valence-corrected chi connectivity index (χ1v) is 6.89. The number of hydrogen-bond acceptors (Lipinski definition) is 6. The molecule has 0 saturated carbocycles. The molecule has 108 valence electrons. The maximum absolute atomic E-state index is 8.86. The summed E-state index contributed by atoms with van der Waals surface area (Å²) in [6, 6.07) is 3.67. The van der Waals surface area contributed by atoms with Crippen LogP contribution in [0, 0.1) is 11.3 Å². The van der Waals surface area contributed by atoms with Gasteiger partial charge in [-0.05, 0) is 0 Å². The molecule has 3 rings (SSSR count). The highest BCUT2D eigenvalue weighted by atomic mass is 15.3. The van der Waals surface area contributed by atoms with Gasteiger partial charge < -0.3 is 11.1 Å². The molecule has 0 amide bonds. The van der Waals surface area contributed by atoms with Crippen molar-refractivity contribution in [2.24, 2.45) is 0 Å². The van der Waals surface area contributed by atoms with E-state index in [1.54, 1.807) is 10.7 Å². The minimum absolute atomic E-state index is 0.381. The monoisotopic (exact) mass is 283 g/mol. The van der Waals surface area contributed by atoms with E-state index in [0.717, 1.165) is 38.3 Å². The molecule has 7 nitrogen and oxygen atoms in total. The van der Waals surface area contributed by atoms with Crippen molar-refractivity contribution in [2.45, 2.75) is 6.54 Å². The molecular weight excluding hydrogens is 266 g/mol. The zero-order valence-corrected chi connectivity index (χ0v) is 11.7. The molecule has 1 fully saturated rings. The first kappa shape index (κ1) is 13.5. The Labute approximate surface area is 123 Å². The second-order valence-electron chi connectivity index (χ2n) is 5.06. The summed E-state index contributed by atoms with van der Waals surface area (Å²) >= 11 is 0. The van der Waals surface area contributed by atoms with Crippen molar-refractivity contribution in [1.82, 2.24) is 25.0 Å². The Kier molecular flexibility index (Phi) is 3.81. The number of pyridine rings is 1. The highest BCUT2D eigenvalue weighted by molar-refractivity contribution is 5.55. The molecule has 2 aromatic rings. The number of nitrogens with zero attached hydrogens (tertiary/aromatic N) is 5. The maximum atomic E-state index is 8.86. The summed E-state index contributed by atoms with van der Waals surface area (Å²) in [5.41, 5.74) is 7.75. The van der Waals surface area contributed by atoms with Gasteiger partial charge in [0.05, 0.1) is 17.4 Å². The van der Waals surface area contributed by atoms with E-state index in [2.05, 4.69) is 20.3 Å². The van der Waals surface area contributed by atoms with Crippen LogP contribution in [0.25, 0.3) is 5.82 Å². The molecule has 1 aliphatic heterocycles. The highest BCUT2D eigenvalue weighted by Crippen LogP contribution is 2.14. The zero-order chi connectivity index (χ0) is 14.7. The van der Waals surface area contributed by atoms with E-state index >= 15 is 0 Å². The zero-order valence-electron chi connectivity index (χ0n) is 11.7. The number of nitrogen functional groups attached to an aromatic ring is 1. The Morgan fingerprint density at radius 3 is 2.86 bits per heavy atom. The van der Waals surface area contributed by atoms with Gasteiger partial charge in [0.2, 0.25) is 0 Å². The molecule has 0 radical (unpaired) electrons. The summed E-state index contributed by atoms with van der Waals surface area (Å²) in [7, 11) is 0. The number of nitrogens with two attached hydrogens (primary N) is 1. The van der Waals surface area contributed by atoms with Gasteiger partial charge in [0.25, 0.3) is 0 Å². The predicted octanol–water partition coefficient (Wildman–Crippen LogP) is 0.126. The predicted molar refractivity (Wildman–Crippen MR) is 78.6 cm³/mol. The van der Waals surface area contributed by atoms with Crippen LogP contribution in [-0.4, -0.2) is 45.8 Å². The number of nitrogens with one attached hydrogen (secondary N) is 1. The van der Waals surface area contributed by atoms with Crippen LogP contribution < -0.4 is 11.1 Å². The van der Waals surface area contributed by atoms with Gasteiger partial charge in [0.1, 0.15) is 6.07 Å². The Hall–Kier alpha value is -2.43. The van der Waals surface area contributed by atoms with Crippen LogP contribution in [0.3, 0.4) is 0 Å². The average molecular weight is 283 g/mol. The van der Waals surface area contributed by atoms with Gasteiger partial charge in [-0.2, -0.15) is 10.4 Å². The molecule has 21 heavy (non-hydrogen) atoms. The molecule has 7 heteroatoms. The smallest absolute Gasteiger partial charge is 0.155 e. The number of piperazine rings is 1. The summed E-state index contributed by atoms with van der Waals surface area (Å²) in [5, 5.41) is 16.5. The van der Waals surface area contributed by atoms with Crippen LogP contribution in [0.4, 0.5) is 5.69 Å². The summed E-state index contributed by atoms with van der Waals surface area (Å²) in [6.45, 7) is 5.04. The second kappa shape index (κ2) is 5.91. The quantitative estimate of drug-likeness (QED) is 0.831. The van der Waals surface area contributed by atoms with Crippen LogP contribution in [-0.2, 0) is 6.54 Å². The molecule has 1 saturated heterocycles. The van der Waals surface area contributed by atoms with Crippen molar-refractivity contribution in [1.29, 1.82) is 5.26 Å². The summed E-state index contributed by atoms with van der Waals surface area (Å²) in [6.07, 6.45) is 5.27. The number of rotatable bonds is 3. The standard InChI is InChI=1S/C14H17N7/c15-6-12-8-18-14(5-13(12)16)21-10-11(7-19-21)9-20-3-1-17-2-4-20/h5,7-8,10,17H,1-4,9H2,(H2,16,18). The SMILES string of the molecule is N#Cc1cnc(-n2cc(CN3CCNCC3)cn2)cc1N. The van der Waals surface area contributed by atoms with Gasteiger partial charge in [-0.3, -0.25) is 4.90 Å². The molecule has 0 unspecified atom stereocenters. The lowest BCUT2D eigenvalue weighted by Gasteiger charge is -2.26. The number of hydrogen-bond donors (Lipinski definition) is 2. The van der Waals surface area contributed by atoms with Gasteiger partial charge in [-0.1, -0.05) is 0 Å². The van der Waals surface area contributed by atoms with Gasteiger partial charge in [-0.15, -0.1) is 0 Å². The number of aromatic nitrogens is 3. The van der Waals surface area contributed by atoms with Crippen molar-refractivity contribution in [2.75, 3.05) is 31.9 Å². The van der Waals surface area contributed by atoms with Crippen LogP contribution in [0.2, 0.25) is 0 Å². The van der Waals surface area contributed by atoms with Crippen molar-refractivity contribution in [3.8, 4) is 11.9 Å².